The van der Waals surface area contributed by atoms with Gasteiger partial charge in [0.2, 0.25) is 5.91 Å². The summed E-state index contributed by atoms with van der Waals surface area (Å²) in [5.41, 5.74) is 1.64. The monoisotopic (exact) mass is 434 g/mol. The molecule has 0 saturated carbocycles. The average molecular weight is 435 g/mol. The Labute approximate surface area is 178 Å². The quantitative estimate of drug-likeness (QED) is 0.692. The van der Waals surface area contributed by atoms with E-state index >= 15 is 0 Å². The molecular weight excluding hydrogens is 415 g/mol. The molecule has 1 N–H and O–H groups in total. The fourth-order valence-electron chi connectivity index (χ4n) is 3.15. The van der Waals surface area contributed by atoms with Crippen LogP contribution in [0.25, 0.3) is 0 Å². The molecule has 8 heteroatoms. The lowest BCUT2D eigenvalue weighted by Crippen LogP contribution is -2.31. The van der Waals surface area contributed by atoms with Crippen LogP contribution in [0.5, 0.6) is 0 Å². The van der Waals surface area contributed by atoms with E-state index in [9.17, 15) is 14.4 Å². The Morgan fingerprint density at radius 3 is 2.69 bits per heavy atom. The molecule has 0 aromatic heterocycles. The number of nitrogens with zero attached hydrogens (tertiary/aromatic N) is 1. The molecule has 0 aliphatic carbocycles. The van der Waals surface area contributed by atoms with Crippen LogP contribution >= 0.6 is 23.2 Å². The number of amides is 2. The van der Waals surface area contributed by atoms with Crippen molar-refractivity contribution in [3.05, 3.63) is 63.6 Å². The zero-order valence-corrected chi connectivity index (χ0v) is 17.3. The van der Waals surface area contributed by atoms with Crippen molar-refractivity contribution in [2.75, 3.05) is 18.1 Å². The lowest BCUT2D eigenvalue weighted by molar-refractivity contribution is -0.124. The van der Waals surface area contributed by atoms with Gasteiger partial charge < -0.3 is 15.0 Å². The second-order valence-electron chi connectivity index (χ2n) is 6.73. The van der Waals surface area contributed by atoms with Crippen LogP contribution in [0.3, 0.4) is 0 Å². The van der Waals surface area contributed by atoms with E-state index in [-0.39, 0.29) is 17.5 Å². The highest BCUT2D eigenvalue weighted by Gasteiger charge is 2.22. The number of carbonyl (C=O) groups is 3. The first-order chi connectivity index (χ1) is 13.8. The Bertz CT molecular complexity index is 948. The lowest BCUT2D eigenvalue weighted by Gasteiger charge is -2.17. The van der Waals surface area contributed by atoms with Gasteiger partial charge in [0.25, 0.3) is 5.91 Å². The number of carbonyl (C=O) groups excluding carboxylic acids is 3. The minimum Gasteiger partial charge on any atom is -0.452 e. The van der Waals surface area contributed by atoms with E-state index in [1.54, 1.807) is 54.3 Å². The predicted molar refractivity (Wildman–Crippen MR) is 111 cm³/mol. The average Bonchev–Trinajstić information content (AvgIpc) is 3.12. The molecule has 1 atom stereocenters. The summed E-state index contributed by atoms with van der Waals surface area (Å²) in [6, 6.07) is 11.3. The first-order valence-corrected chi connectivity index (χ1v) is 9.92. The van der Waals surface area contributed by atoms with Gasteiger partial charge in [-0.3, -0.25) is 9.59 Å². The maximum Gasteiger partial charge on any atom is 0.338 e. The molecule has 2 aromatic carbocycles. The molecule has 1 saturated heterocycles. The van der Waals surface area contributed by atoms with Gasteiger partial charge in [0.15, 0.2) is 6.61 Å². The van der Waals surface area contributed by atoms with Crippen LogP contribution in [0.4, 0.5) is 5.69 Å². The standard InChI is InChI=1S/C21H20Cl2N2O4/c1-13(17-8-7-15(22)11-18(17)23)24-19(26)12-29-21(28)14-4-2-5-16(10-14)25-9-3-6-20(25)27/h2,4-5,7-8,10-11,13H,3,6,9,12H2,1H3,(H,24,26). The smallest absolute Gasteiger partial charge is 0.338 e. The third-order valence-corrected chi connectivity index (χ3v) is 5.17. The number of anilines is 1. The number of hydrogen-bond donors (Lipinski definition) is 1. The van der Waals surface area contributed by atoms with Crippen LogP contribution < -0.4 is 10.2 Å². The van der Waals surface area contributed by atoms with E-state index in [0.29, 0.717) is 34.3 Å². The first-order valence-electron chi connectivity index (χ1n) is 9.17. The summed E-state index contributed by atoms with van der Waals surface area (Å²) >= 11 is 12.0. The molecule has 152 valence electrons. The van der Waals surface area contributed by atoms with Crippen molar-refractivity contribution >= 4 is 46.7 Å². The Hall–Kier alpha value is -2.57. The fourth-order valence-corrected chi connectivity index (χ4v) is 3.72. The number of benzene rings is 2. The summed E-state index contributed by atoms with van der Waals surface area (Å²) in [4.78, 5) is 38.0. The SMILES string of the molecule is CC(NC(=O)COC(=O)c1cccc(N2CCCC2=O)c1)c1ccc(Cl)cc1Cl. The second kappa shape index (κ2) is 9.29. The molecule has 3 rings (SSSR count). The molecule has 2 aromatic rings. The molecular formula is C21H20Cl2N2O4. The van der Waals surface area contributed by atoms with Gasteiger partial charge >= 0.3 is 5.97 Å². The van der Waals surface area contributed by atoms with Crippen molar-refractivity contribution in [2.45, 2.75) is 25.8 Å². The Morgan fingerprint density at radius 1 is 1.21 bits per heavy atom. The number of esters is 1. The van der Waals surface area contributed by atoms with E-state index in [2.05, 4.69) is 5.32 Å². The maximum absolute atomic E-state index is 12.3. The van der Waals surface area contributed by atoms with Crippen LogP contribution in [0, 0.1) is 0 Å². The molecule has 1 fully saturated rings. The van der Waals surface area contributed by atoms with E-state index < -0.39 is 18.5 Å². The van der Waals surface area contributed by atoms with E-state index in [4.69, 9.17) is 27.9 Å². The Kier molecular flexibility index (Phi) is 6.77. The van der Waals surface area contributed by atoms with E-state index in [0.717, 1.165) is 6.42 Å². The molecule has 29 heavy (non-hydrogen) atoms. The van der Waals surface area contributed by atoms with E-state index in [1.165, 1.54) is 0 Å². The van der Waals surface area contributed by atoms with Crippen molar-refractivity contribution < 1.29 is 19.1 Å². The minimum atomic E-state index is -0.633. The van der Waals surface area contributed by atoms with E-state index in [1.807, 2.05) is 0 Å². The summed E-state index contributed by atoms with van der Waals surface area (Å²) in [5, 5.41) is 3.67. The topological polar surface area (TPSA) is 75.7 Å². The summed E-state index contributed by atoms with van der Waals surface area (Å²) in [6.07, 6.45) is 1.30. The molecule has 0 spiro atoms. The molecule has 0 radical (unpaired) electrons. The normalized spacial score (nSPS) is 14.6. The number of hydrogen-bond acceptors (Lipinski definition) is 4. The van der Waals surface area contributed by atoms with Gasteiger partial charge in [-0.05, 0) is 49.2 Å². The third-order valence-electron chi connectivity index (χ3n) is 4.61. The van der Waals surface area contributed by atoms with Gasteiger partial charge in [-0.2, -0.15) is 0 Å². The Morgan fingerprint density at radius 2 is 2.00 bits per heavy atom. The molecule has 0 bridgehead atoms. The summed E-state index contributed by atoms with van der Waals surface area (Å²) < 4.78 is 5.11. The molecule has 1 heterocycles. The highest BCUT2D eigenvalue weighted by atomic mass is 35.5. The minimum absolute atomic E-state index is 0.0322. The summed E-state index contributed by atoms with van der Waals surface area (Å²) in [5.74, 6) is -1.06. The summed E-state index contributed by atoms with van der Waals surface area (Å²) in [6.45, 7) is 1.97. The van der Waals surface area contributed by atoms with Gasteiger partial charge in [-0.15, -0.1) is 0 Å². The summed E-state index contributed by atoms with van der Waals surface area (Å²) in [7, 11) is 0. The first kappa shape index (κ1) is 21.1. The molecule has 6 nitrogen and oxygen atoms in total. The van der Waals surface area contributed by atoms with Gasteiger partial charge in [-0.25, -0.2) is 4.79 Å². The Balaban J connectivity index is 1.56. The number of ether oxygens (including phenoxy) is 1. The second-order valence-corrected chi connectivity index (χ2v) is 7.57. The van der Waals surface area contributed by atoms with Crippen molar-refractivity contribution in [1.82, 2.24) is 5.32 Å². The van der Waals surface area contributed by atoms with Crippen molar-refractivity contribution in [1.29, 1.82) is 0 Å². The van der Waals surface area contributed by atoms with Crippen LogP contribution in [-0.2, 0) is 14.3 Å². The van der Waals surface area contributed by atoms with Crippen molar-refractivity contribution in [2.24, 2.45) is 0 Å². The van der Waals surface area contributed by atoms with Gasteiger partial charge in [0, 0.05) is 28.7 Å². The number of rotatable bonds is 6. The third kappa shape index (κ3) is 5.28. The lowest BCUT2D eigenvalue weighted by atomic mass is 10.1. The van der Waals surface area contributed by atoms with Gasteiger partial charge in [0.05, 0.1) is 11.6 Å². The van der Waals surface area contributed by atoms with Crippen LogP contribution in [-0.4, -0.2) is 30.9 Å². The van der Waals surface area contributed by atoms with Crippen molar-refractivity contribution in [3.8, 4) is 0 Å². The van der Waals surface area contributed by atoms with Gasteiger partial charge in [0.1, 0.15) is 0 Å². The van der Waals surface area contributed by atoms with Crippen LogP contribution in [0.1, 0.15) is 41.7 Å². The van der Waals surface area contributed by atoms with Crippen molar-refractivity contribution in [3.63, 3.8) is 0 Å². The highest BCUT2D eigenvalue weighted by Crippen LogP contribution is 2.26. The fraction of sp³-hybridized carbons (Fsp3) is 0.286. The zero-order chi connectivity index (χ0) is 21.0. The number of halogens is 2. The molecule has 1 unspecified atom stereocenters. The van der Waals surface area contributed by atoms with Crippen LogP contribution in [0.2, 0.25) is 10.0 Å². The largest absolute Gasteiger partial charge is 0.452 e. The highest BCUT2D eigenvalue weighted by molar-refractivity contribution is 6.35. The predicted octanol–water partition coefficient (Wildman–Crippen LogP) is 4.15. The molecule has 2 amide bonds. The van der Waals surface area contributed by atoms with Crippen LogP contribution in [0.15, 0.2) is 42.5 Å². The molecule has 1 aliphatic rings. The number of nitrogens with one attached hydrogen (secondary N) is 1. The zero-order valence-electron chi connectivity index (χ0n) is 15.8. The molecule has 1 aliphatic heterocycles. The maximum atomic E-state index is 12.3. The van der Waals surface area contributed by atoms with Gasteiger partial charge in [-0.1, -0.05) is 35.3 Å².